The second-order valence-corrected chi connectivity index (χ2v) is 4.00. The lowest BCUT2D eigenvalue weighted by Crippen LogP contribution is -2.47. The normalized spacial score (nSPS) is 49.2. The highest BCUT2D eigenvalue weighted by atomic mass is 16.5. The van der Waals surface area contributed by atoms with Crippen LogP contribution < -0.4 is 0 Å². The van der Waals surface area contributed by atoms with Gasteiger partial charge in [0, 0.05) is 0 Å². The summed E-state index contributed by atoms with van der Waals surface area (Å²) in [6.45, 7) is 8.40. The van der Waals surface area contributed by atoms with Crippen molar-refractivity contribution in [1.82, 2.24) is 0 Å². The minimum atomic E-state index is -0.277. The molecule has 0 aromatic heterocycles. The zero-order valence-electron chi connectivity index (χ0n) is 8.45. The second kappa shape index (κ2) is 3.75. The maximum Gasteiger partial charge on any atom is 0.0837 e. The van der Waals surface area contributed by atoms with E-state index in [1.807, 2.05) is 0 Å². The number of hydrogen-bond acceptors (Lipinski definition) is 2. The van der Waals surface area contributed by atoms with Crippen LogP contribution in [0.15, 0.2) is 0 Å². The predicted molar refractivity (Wildman–Crippen MR) is 49.0 cm³/mol. The van der Waals surface area contributed by atoms with E-state index in [9.17, 15) is 5.11 Å². The average Bonchev–Trinajstić information content (AvgIpc) is 2.08. The fourth-order valence-electron chi connectivity index (χ4n) is 1.89. The van der Waals surface area contributed by atoms with Crippen molar-refractivity contribution in [3.63, 3.8) is 0 Å². The van der Waals surface area contributed by atoms with Crippen LogP contribution in [-0.4, -0.2) is 23.4 Å². The van der Waals surface area contributed by atoms with Gasteiger partial charge in [-0.1, -0.05) is 20.8 Å². The highest BCUT2D eigenvalue weighted by molar-refractivity contribution is 4.85. The van der Waals surface area contributed by atoms with Crippen molar-refractivity contribution in [2.75, 3.05) is 0 Å². The maximum atomic E-state index is 9.80. The molecular formula is C10H20O2. The summed E-state index contributed by atoms with van der Waals surface area (Å²) in [5, 5.41) is 9.80. The minimum absolute atomic E-state index is 0.0474. The van der Waals surface area contributed by atoms with Gasteiger partial charge in [-0.05, 0) is 25.2 Å². The molecule has 1 heterocycles. The number of aliphatic hydroxyl groups excluding tert-OH is 1. The van der Waals surface area contributed by atoms with E-state index in [-0.39, 0.29) is 18.3 Å². The van der Waals surface area contributed by atoms with Crippen molar-refractivity contribution in [3.8, 4) is 0 Å². The van der Waals surface area contributed by atoms with Crippen molar-refractivity contribution < 1.29 is 9.84 Å². The standard InChI is InChI=1S/C10H20O2/c1-5-9-10(11)7(3)6(2)8(4)12-9/h6-11H,5H2,1-4H3/t6-,7?,8-,9?,10-/m0/s1. The molecular weight excluding hydrogens is 152 g/mol. The van der Waals surface area contributed by atoms with E-state index in [0.717, 1.165) is 6.42 Å². The van der Waals surface area contributed by atoms with Crippen LogP contribution in [0.4, 0.5) is 0 Å². The molecule has 5 atom stereocenters. The summed E-state index contributed by atoms with van der Waals surface area (Å²) < 4.78 is 5.68. The van der Waals surface area contributed by atoms with Crippen molar-refractivity contribution in [1.29, 1.82) is 0 Å². The molecule has 1 fully saturated rings. The van der Waals surface area contributed by atoms with Crippen LogP contribution in [-0.2, 0) is 4.74 Å². The number of hydrogen-bond donors (Lipinski definition) is 1. The van der Waals surface area contributed by atoms with E-state index in [0.29, 0.717) is 11.8 Å². The number of aliphatic hydroxyl groups is 1. The van der Waals surface area contributed by atoms with Gasteiger partial charge in [0.25, 0.3) is 0 Å². The molecule has 0 bridgehead atoms. The molecule has 12 heavy (non-hydrogen) atoms. The summed E-state index contributed by atoms with van der Waals surface area (Å²) in [5.74, 6) is 0.821. The van der Waals surface area contributed by atoms with Gasteiger partial charge in [-0.25, -0.2) is 0 Å². The zero-order chi connectivity index (χ0) is 9.30. The monoisotopic (exact) mass is 172 g/mol. The molecule has 1 aliphatic heterocycles. The van der Waals surface area contributed by atoms with Gasteiger partial charge in [0.1, 0.15) is 0 Å². The van der Waals surface area contributed by atoms with Crippen molar-refractivity contribution in [2.24, 2.45) is 11.8 Å². The molecule has 0 aromatic rings. The van der Waals surface area contributed by atoms with Crippen LogP contribution in [0.25, 0.3) is 0 Å². The van der Waals surface area contributed by atoms with E-state index < -0.39 is 0 Å². The summed E-state index contributed by atoms with van der Waals surface area (Å²) in [4.78, 5) is 0. The fraction of sp³-hybridized carbons (Fsp3) is 1.00. The van der Waals surface area contributed by atoms with Gasteiger partial charge in [0.05, 0.1) is 18.3 Å². The lowest BCUT2D eigenvalue weighted by atomic mass is 9.81. The smallest absolute Gasteiger partial charge is 0.0837 e. The predicted octanol–water partition coefficient (Wildman–Crippen LogP) is 1.82. The Morgan fingerprint density at radius 3 is 2.25 bits per heavy atom. The summed E-state index contributed by atoms with van der Waals surface area (Å²) in [6, 6.07) is 0. The molecule has 0 radical (unpaired) electrons. The van der Waals surface area contributed by atoms with Gasteiger partial charge in [-0.15, -0.1) is 0 Å². The quantitative estimate of drug-likeness (QED) is 0.653. The van der Waals surface area contributed by atoms with Gasteiger partial charge in [-0.2, -0.15) is 0 Å². The Balaban J connectivity index is 2.63. The Morgan fingerprint density at radius 1 is 1.17 bits per heavy atom. The highest BCUT2D eigenvalue weighted by Gasteiger charge is 2.37. The third-order valence-electron chi connectivity index (χ3n) is 3.28. The van der Waals surface area contributed by atoms with Crippen LogP contribution >= 0.6 is 0 Å². The Hall–Kier alpha value is -0.0800. The van der Waals surface area contributed by atoms with Crippen LogP contribution in [0, 0.1) is 11.8 Å². The van der Waals surface area contributed by atoms with Crippen molar-refractivity contribution in [2.45, 2.75) is 52.4 Å². The largest absolute Gasteiger partial charge is 0.390 e. The van der Waals surface area contributed by atoms with Gasteiger partial charge >= 0.3 is 0 Å². The molecule has 2 unspecified atom stereocenters. The summed E-state index contributed by atoms with van der Waals surface area (Å²) >= 11 is 0. The molecule has 0 spiro atoms. The fourth-order valence-corrected chi connectivity index (χ4v) is 1.89. The van der Waals surface area contributed by atoms with E-state index >= 15 is 0 Å². The van der Waals surface area contributed by atoms with Crippen LogP contribution in [0.5, 0.6) is 0 Å². The Kier molecular flexibility index (Phi) is 3.13. The molecule has 1 saturated heterocycles. The molecule has 0 aromatic carbocycles. The molecule has 1 aliphatic rings. The molecule has 1 rings (SSSR count). The van der Waals surface area contributed by atoms with Gasteiger partial charge in [0.2, 0.25) is 0 Å². The van der Waals surface area contributed by atoms with Crippen molar-refractivity contribution >= 4 is 0 Å². The Labute approximate surface area is 74.9 Å². The van der Waals surface area contributed by atoms with E-state index in [2.05, 4.69) is 27.7 Å². The van der Waals surface area contributed by atoms with E-state index in [4.69, 9.17) is 4.74 Å². The third kappa shape index (κ3) is 1.64. The lowest BCUT2D eigenvalue weighted by molar-refractivity contribution is -0.162. The second-order valence-electron chi connectivity index (χ2n) is 4.00. The first-order valence-electron chi connectivity index (χ1n) is 4.91. The third-order valence-corrected chi connectivity index (χ3v) is 3.28. The van der Waals surface area contributed by atoms with Crippen LogP contribution in [0.1, 0.15) is 34.1 Å². The molecule has 2 nitrogen and oxygen atoms in total. The van der Waals surface area contributed by atoms with Crippen molar-refractivity contribution in [3.05, 3.63) is 0 Å². The lowest BCUT2D eigenvalue weighted by Gasteiger charge is -2.41. The number of ether oxygens (including phenoxy) is 1. The first-order valence-corrected chi connectivity index (χ1v) is 4.91. The number of rotatable bonds is 1. The SMILES string of the molecule is CCC1O[C@@H](C)[C@@H](C)C(C)[C@@H]1O. The van der Waals surface area contributed by atoms with Crippen LogP contribution in [0.2, 0.25) is 0 Å². The Morgan fingerprint density at radius 2 is 1.75 bits per heavy atom. The first-order chi connectivity index (χ1) is 5.57. The topological polar surface area (TPSA) is 29.5 Å². The molecule has 72 valence electrons. The molecule has 1 N–H and O–H groups in total. The molecule has 2 heteroatoms. The van der Waals surface area contributed by atoms with E-state index in [1.54, 1.807) is 0 Å². The van der Waals surface area contributed by atoms with Crippen LogP contribution in [0.3, 0.4) is 0 Å². The zero-order valence-corrected chi connectivity index (χ0v) is 8.45. The summed E-state index contributed by atoms with van der Waals surface area (Å²) in [5.41, 5.74) is 0. The van der Waals surface area contributed by atoms with Gasteiger partial charge in [-0.3, -0.25) is 0 Å². The Bertz CT molecular complexity index is 142. The van der Waals surface area contributed by atoms with E-state index in [1.165, 1.54) is 0 Å². The summed E-state index contributed by atoms with van der Waals surface area (Å²) in [6.07, 6.45) is 0.962. The van der Waals surface area contributed by atoms with Gasteiger partial charge in [0.15, 0.2) is 0 Å². The summed E-state index contributed by atoms with van der Waals surface area (Å²) in [7, 11) is 0. The average molecular weight is 172 g/mol. The minimum Gasteiger partial charge on any atom is -0.390 e. The molecule has 0 aliphatic carbocycles. The first kappa shape index (κ1) is 10.0. The highest BCUT2D eigenvalue weighted by Crippen LogP contribution is 2.31. The van der Waals surface area contributed by atoms with Gasteiger partial charge < -0.3 is 9.84 Å². The molecule has 0 amide bonds. The molecule has 0 saturated carbocycles. The maximum absolute atomic E-state index is 9.80.